The predicted molar refractivity (Wildman–Crippen MR) is 79.5 cm³/mol. The van der Waals surface area contributed by atoms with Gasteiger partial charge in [-0.25, -0.2) is 4.79 Å². The lowest BCUT2D eigenvalue weighted by atomic mass is 10.0. The van der Waals surface area contributed by atoms with E-state index in [1.165, 1.54) is 19.1 Å². The molecule has 8 nitrogen and oxygen atoms in total. The summed E-state index contributed by atoms with van der Waals surface area (Å²) in [5, 5.41) is 30.5. The van der Waals surface area contributed by atoms with E-state index in [4.69, 9.17) is 9.52 Å². The largest absolute Gasteiger partial charge is 0.504 e. The summed E-state index contributed by atoms with van der Waals surface area (Å²) in [5.74, 6) is -2.82. The lowest BCUT2D eigenvalue weighted by Crippen LogP contribution is -2.39. The van der Waals surface area contributed by atoms with Gasteiger partial charge in [0.2, 0.25) is 11.7 Å². The normalized spacial score (nSPS) is 12.1. The molecule has 0 aliphatic heterocycles. The quantitative estimate of drug-likeness (QED) is 0.479. The zero-order valence-corrected chi connectivity index (χ0v) is 12.4. The molecule has 4 N–H and O–H groups in total. The molecule has 2 rings (SSSR count). The van der Waals surface area contributed by atoms with Gasteiger partial charge in [-0.15, -0.1) is 0 Å². The number of aliphatic carboxylic acids is 1. The van der Waals surface area contributed by atoms with Crippen LogP contribution in [0.1, 0.15) is 18.1 Å². The van der Waals surface area contributed by atoms with Crippen LogP contribution in [0.4, 0.5) is 0 Å². The third-order valence-corrected chi connectivity index (χ3v) is 3.49. The highest BCUT2D eigenvalue weighted by Gasteiger charge is 2.20. The first-order valence-corrected chi connectivity index (χ1v) is 6.71. The molecule has 0 aliphatic rings. The monoisotopic (exact) mass is 321 g/mol. The molecule has 1 heterocycles. The zero-order valence-electron chi connectivity index (χ0n) is 12.4. The van der Waals surface area contributed by atoms with Gasteiger partial charge in [0, 0.05) is 5.39 Å². The molecule has 0 saturated heterocycles. The number of hydrogen-bond acceptors (Lipinski definition) is 6. The summed E-state index contributed by atoms with van der Waals surface area (Å²) < 4.78 is 4.98. The maximum atomic E-state index is 12.0. The third kappa shape index (κ3) is 3.10. The third-order valence-electron chi connectivity index (χ3n) is 3.49. The first kappa shape index (κ1) is 16.3. The number of carboxylic acid groups (broad SMARTS) is 1. The number of carboxylic acids is 1. The van der Waals surface area contributed by atoms with Crippen molar-refractivity contribution in [2.75, 3.05) is 0 Å². The number of hydrogen-bond donors (Lipinski definition) is 4. The number of aryl methyl sites for hydroxylation is 1. The molecule has 0 saturated carbocycles. The topological polar surface area (TPSA) is 137 Å². The van der Waals surface area contributed by atoms with Crippen molar-refractivity contribution in [1.29, 1.82) is 0 Å². The van der Waals surface area contributed by atoms with Crippen molar-refractivity contribution in [3.63, 3.8) is 0 Å². The second-order valence-electron chi connectivity index (χ2n) is 5.11. The molecule has 0 radical (unpaired) electrons. The first-order valence-electron chi connectivity index (χ1n) is 6.71. The number of nitrogens with one attached hydrogen (secondary N) is 1. The van der Waals surface area contributed by atoms with E-state index in [9.17, 15) is 24.6 Å². The molecule has 0 bridgehead atoms. The Balaban J connectivity index is 2.43. The van der Waals surface area contributed by atoms with Crippen molar-refractivity contribution in [3.05, 3.63) is 33.7 Å². The Morgan fingerprint density at radius 1 is 1.30 bits per heavy atom. The molecule has 1 amide bonds. The maximum absolute atomic E-state index is 12.0. The molecule has 0 spiro atoms. The summed E-state index contributed by atoms with van der Waals surface area (Å²) in [4.78, 5) is 34.6. The Hall–Kier alpha value is -3.03. The van der Waals surface area contributed by atoms with E-state index in [1.54, 1.807) is 6.92 Å². The number of fused-ring (bicyclic) bond motifs is 1. The summed E-state index contributed by atoms with van der Waals surface area (Å²) in [5.41, 5.74) is -0.549. The van der Waals surface area contributed by atoms with Crippen molar-refractivity contribution >= 4 is 22.8 Å². The highest BCUT2D eigenvalue weighted by Crippen LogP contribution is 2.34. The Morgan fingerprint density at radius 3 is 2.57 bits per heavy atom. The maximum Gasteiger partial charge on any atom is 0.340 e. The number of amides is 1. The van der Waals surface area contributed by atoms with Crippen molar-refractivity contribution < 1.29 is 29.3 Å². The predicted octanol–water partition coefficient (Wildman–Crippen LogP) is 0.644. The molecule has 122 valence electrons. The fourth-order valence-electron chi connectivity index (χ4n) is 2.15. The van der Waals surface area contributed by atoms with Gasteiger partial charge in [0.25, 0.3) is 0 Å². The van der Waals surface area contributed by atoms with Crippen molar-refractivity contribution in [2.24, 2.45) is 0 Å². The van der Waals surface area contributed by atoms with Crippen LogP contribution in [0.5, 0.6) is 11.5 Å². The van der Waals surface area contributed by atoms with Crippen LogP contribution < -0.4 is 10.9 Å². The molecule has 1 unspecified atom stereocenters. The minimum absolute atomic E-state index is 0.0534. The number of phenolic OH excluding ortho intramolecular Hbond substituents is 2. The average molecular weight is 321 g/mol. The van der Waals surface area contributed by atoms with Crippen LogP contribution in [0.3, 0.4) is 0 Å². The lowest BCUT2D eigenvalue weighted by Gasteiger charge is -2.11. The van der Waals surface area contributed by atoms with Gasteiger partial charge in [-0.2, -0.15) is 0 Å². The number of rotatable bonds is 4. The van der Waals surface area contributed by atoms with E-state index in [1.807, 2.05) is 0 Å². The zero-order chi connectivity index (χ0) is 17.3. The standard InChI is InChI=1S/C15H15NO7/c1-6-8-3-4-10(17)12(19)13(8)23-15(22)9(6)5-11(18)16-7(2)14(20)21/h3-4,7,17,19H,5H2,1-2H3,(H,16,18)(H,20,21). The molecular weight excluding hydrogens is 306 g/mol. The van der Waals surface area contributed by atoms with Gasteiger partial charge in [0.1, 0.15) is 6.04 Å². The Kier molecular flexibility index (Phi) is 4.26. The van der Waals surface area contributed by atoms with Crippen LogP contribution >= 0.6 is 0 Å². The Morgan fingerprint density at radius 2 is 1.96 bits per heavy atom. The van der Waals surface area contributed by atoms with Crippen LogP contribution in [-0.2, 0) is 16.0 Å². The minimum Gasteiger partial charge on any atom is -0.504 e. The Labute approximate surface area is 130 Å². The van der Waals surface area contributed by atoms with E-state index in [-0.39, 0.29) is 17.6 Å². The average Bonchev–Trinajstić information content (AvgIpc) is 2.47. The first-order chi connectivity index (χ1) is 10.7. The summed E-state index contributed by atoms with van der Waals surface area (Å²) in [7, 11) is 0. The Bertz CT molecular complexity index is 853. The van der Waals surface area contributed by atoms with Gasteiger partial charge in [-0.1, -0.05) is 0 Å². The van der Waals surface area contributed by atoms with Crippen molar-refractivity contribution in [1.82, 2.24) is 5.32 Å². The van der Waals surface area contributed by atoms with Crippen molar-refractivity contribution in [2.45, 2.75) is 26.3 Å². The molecule has 1 aromatic carbocycles. The van der Waals surface area contributed by atoms with E-state index < -0.39 is 35.0 Å². The fourth-order valence-corrected chi connectivity index (χ4v) is 2.15. The van der Waals surface area contributed by atoms with E-state index in [0.717, 1.165) is 0 Å². The number of aromatic hydroxyl groups is 2. The van der Waals surface area contributed by atoms with Crippen molar-refractivity contribution in [3.8, 4) is 11.5 Å². The number of carbonyl (C=O) groups is 2. The van der Waals surface area contributed by atoms with E-state index in [0.29, 0.717) is 10.9 Å². The molecular formula is C15H15NO7. The van der Waals surface area contributed by atoms with Crippen LogP contribution in [0, 0.1) is 6.92 Å². The van der Waals surface area contributed by atoms with Gasteiger partial charge in [-0.3, -0.25) is 9.59 Å². The van der Waals surface area contributed by atoms with Gasteiger partial charge < -0.3 is 25.1 Å². The van der Waals surface area contributed by atoms with Crippen LogP contribution in [0.15, 0.2) is 21.3 Å². The van der Waals surface area contributed by atoms with Gasteiger partial charge in [0.15, 0.2) is 11.3 Å². The van der Waals surface area contributed by atoms with Gasteiger partial charge in [-0.05, 0) is 31.5 Å². The molecule has 23 heavy (non-hydrogen) atoms. The smallest absolute Gasteiger partial charge is 0.340 e. The number of phenols is 2. The minimum atomic E-state index is -1.19. The fraction of sp³-hybridized carbons (Fsp3) is 0.267. The van der Waals surface area contributed by atoms with Crippen LogP contribution in [-0.4, -0.2) is 33.2 Å². The number of carbonyl (C=O) groups excluding carboxylic acids is 1. The molecule has 0 aliphatic carbocycles. The summed E-state index contributed by atoms with van der Waals surface area (Å²) in [6, 6.07) is 1.60. The van der Waals surface area contributed by atoms with Gasteiger partial charge in [0.05, 0.1) is 12.0 Å². The van der Waals surface area contributed by atoms with Gasteiger partial charge >= 0.3 is 11.6 Å². The molecule has 8 heteroatoms. The molecule has 1 atom stereocenters. The highest BCUT2D eigenvalue weighted by molar-refractivity contribution is 5.90. The highest BCUT2D eigenvalue weighted by atomic mass is 16.4. The summed E-state index contributed by atoms with van der Waals surface area (Å²) in [6.07, 6.45) is -0.358. The lowest BCUT2D eigenvalue weighted by molar-refractivity contribution is -0.141. The SMILES string of the molecule is Cc1c(CC(=O)NC(C)C(=O)O)c(=O)oc2c(O)c(O)ccc12. The molecule has 0 fully saturated rings. The van der Waals surface area contributed by atoms with E-state index >= 15 is 0 Å². The molecule has 2 aromatic rings. The summed E-state index contributed by atoms with van der Waals surface area (Å²) in [6.45, 7) is 2.87. The number of benzene rings is 1. The second kappa shape index (κ2) is 5.99. The second-order valence-corrected chi connectivity index (χ2v) is 5.11. The van der Waals surface area contributed by atoms with E-state index in [2.05, 4.69) is 5.32 Å². The van der Waals surface area contributed by atoms with Crippen LogP contribution in [0.2, 0.25) is 0 Å². The summed E-state index contributed by atoms with van der Waals surface area (Å²) >= 11 is 0. The van der Waals surface area contributed by atoms with Crippen LogP contribution in [0.25, 0.3) is 11.0 Å². The molecule has 1 aromatic heterocycles.